The summed E-state index contributed by atoms with van der Waals surface area (Å²) >= 11 is 0. The van der Waals surface area contributed by atoms with Crippen molar-refractivity contribution in [2.24, 2.45) is 11.7 Å². The second-order valence-corrected chi connectivity index (χ2v) is 7.59. The lowest BCUT2D eigenvalue weighted by Crippen LogP contribution is -2.18. The molecule has 1 aliphatic rings. The maximum absolute atomic E-state index is 11.9. The number of hydrogen-bond acceptors (Lipinski definition) is 5. The first-order valence-electron chi connectivity index (χ1n) is 9.88. The van der Waals surface area contributed by atoms with Gasteiger partial charge in [-0.25, -0.2) is 0 Å². The molecule has 3 N–H and O–H groups in total. The number of hydrogen-bond donors (Lipinski definition) is 2. The molecule has 2 aromatic carbocycles. The predicted octanol–water partition coefficient (Wildman–Crippen LogP) is 4.16. The molecule has 0 radical (unpaired) electrons. The number of nitrogens with one attached hydrogen (secondary N) is 1. The molecule has 6 heteroatoms. The number of carbonyl (C=O) groups is 1. The quantitative estimate of drug-likeness (QED) is 0.521. The lowest BCUT2D eigenvalue weighted by molar-refractivity contribution is 0.0995. The van der Waals surface area contributed by atoms with Crippen molar-refractivity contribution >= 4 is 33.3 Å². The molecular weight excluding hydrogens is 362 g/mol. The molecule has 29 heavy (non-hydrogen) atoms. The van der Waals surface area contributed by atoms with E-state index in [0.29, 0.717) is 11.2 Å². The Kier molecular flexibility index (Phi) is 4.31. The van der Waals surface area contributed by atoms with Crippen LogP contribution in [-0.4, -0.2) is 27.6 Å². The van der Waals surface area contributed by atoms with Gasteiger partial charge in [-0.05, 0) is 35.4 Å². The minimum absolute atomic E-state index is 0.188. The largest absolute Gasteiger partial charge is 0.383 e. The van der Waals surface area contributed by atoms with E-state index in [1.807, 2.05) is 48.8 Å². The van der Waals surface area contributed by atoms with Gasteiger partial charge in [-0.15, -0.1) is 10.2 Å². The van der Waals surface area contributed by atoms with Crippen LogP contribution in [-0.2, 0) is 0 Å². The third kappa shape index (κ3) is 3.38. The van der Waals surface area contributed by atoms with E-state index < -0.39 is 5.91 Å². The van der Waals surface area contributed by atoms with E-state index >= 15 is 0 Å². The average molecular weight is 383 g/mol. The molecule has 1 amide bonds. The first-order chi connectivity index (χ1) is 14.2. The number of nitrogens with zero attached hydrogens (tertiary/aromatic N) is 3. The van der Waals surface area contributed by atoms with Crippen molar-refractivity contribution in [3.05, 3.63) is 60.6 Å². The van der Waals surface area contributed by atoms with Crippen LogP contribution in [0.4, 0.5) is 5.69 Å². The van der Waals surface area contributed by atoms with Gasteiger partial charge < -0.3 is 11.1 Å². The molecule has 144 valence electrons. The molecule has 6 nitrogen and oxygen atoms in total. The topological polar surface area (TPSA) is 93.8 Å². The summed E-state index contributed by atoms with van der Waals surface area (Å²) in [7, 11) is 0. The van der Waals surface area contributed by atoms with Crippen LogP contribution in [0.3, 0.4) is 0 Å². The van der Waals surface area contributed by atoms with Gasteiger partial charge in [0.15, 0.2) is 5.69 Å². The number of pyridine rings is 1. The van der Waals surface area contributed by atoms with E-state index in [2.05, 4.69) is 26.6 Å². The number of amides is 1. The molecule has 0 unspecified atom stereocenters. The molecule has 1 saturated carbocycles. The third-order valence-electron chi connectivity index (χ3n) is 5.53. The van der Waals surface area contributed by atoms with Gasteiger partial charge in [0.25, 0.3) is 5.91 Å². The molecule has 1 aliphatic carbocycles. The molecule has 4 aromatic rings. The maximum Gasteiger partial charge on any atom is 0.271 e. The smallest absolute Gasteiger partial charge is 0.271 e. The summed E-state index contributed by atoms with van der Waals surface area (Å²) in [6, 6.07) is 14.2. The van der Waals surface area contributed by atoms with Gasteiger partial charge >= 0.3 is 0 Å². The van der Waals surface area contributed by atoms with Crippen LogP contribution in [0.5, 0.6) is 0 Å². The van der Waals surface area contributed by atoms with Gasteiger partial charge in [0, 0.05) is 35.3 Å². The monoisotopic (exact) mass is 383 g/mol. The van der Waals surface area contributed by atoms with Crippen molar-refractivity contribution < 1.29 is 4.79 Å². The van der Waals surface area contributed by atoms with E-state index in [-0.39, 0.29) is 5.69 Å². The minimum atomic E-state index is -0.573. The van der Waals surface area contributed by atoms with Crippen molar-refractivity contribution in [3.8, 4) is 11.1 Å². The van der Waals surface area contributed by atoms with Gasteiger partial charge in [-0.2, -0.15) is 0 Å². The number of fused-ring (bicyclic) bond motifs is 2. The Balaban J connectivity index is 1.59. The number of anilines is 1. The van der Waals surface area contributed by atoms with E-state index in [0.717, 1.165) is 46.2 Å². The summed E-state index contributed by atoms with van der Waals surface area (Å²) < 4.78 is 0. The third-order valence-corrected chi connectivity index (χ3v) is 5.53. The Hall–Kier alpha value is -3.54. The van der Waals surface area contributed by atoms with Crippen molar-refractivity contribution in [2.75, 3.05) is 11.9 Å². The summed E-state index contributed by atoms with van der Waals surface area (Å²) in [5.74, 6) is 0.224. The van der Waals surface area contributed by atoms with Crippen molar-refractivity contribution in [3.63, 3.8) is 0 Å². The van der Waals surface area contributed by atoms with Crippen LogP contribution in [0.25, 0.3) is 32.8 Å². The molecule has 2 aromatic heterocycles. The van der Waals surface area contributed by atoms with Gasteiger partial charge in [-0.1, -0.05) is 43.2 Å². The summed E-state index contributed by atoms with van der Waals surface area (Å²) in [5.41, 5.74) is 9.16. The molecule has 0 aliphatic heterocycles. The van der Waals surface area contributed by atoms with Crippen LogP contribution < -0.4 is 11.1 Å². The van der Waals surface area contributed by atoms with Crippen LogP contribution in [0.15, 0.2) is 54.9 Å². The number of carbonyl (C=O) groups excluding carboxylic acids is 1. The minimum Gasteiger partial charge on any atom is -0.383 e. The summed E-state index contributed by atoms with van der Waals surface area (Å²) in [6.07, 6.45) is 7.40. The number of primary amides is 1. The summed E-state index contributed by atoms with van der Waals surface area (Å²) in [4.78, 5) is 16.3. The van der Waals surface area contributed by atoms with Crippen molar-refractivity contribution in [2.45, 2.75) is 19.3 Å². The number of benzene rings is 2. The van der Waals surface area contributed by atoms with E-state index in [1.165, 1.54) is 12.8 Å². The molecule has 0 bridgehead atoms. The first kappa shape index (κ1) is 17.6. The molecule has 0 atom stereocenters. The molecule has 0 spiro atoms. The molecule has 0 saturated heterocycles. The van der Waals surface area contributed by atoms with E-state index in [4.69, 9.17) is 5.73 Å². The van der Waals surface area contributed by atoms with Crippen molar-refractivity contribution in [1.29, 1.82) is 0 Å². The average Bonchev–Trinajstić information content (AvgIpc) is 3.57. The number of nitrogens with two attached hydrogens (primary N) is 1. The highest BCUT2D eigenvalue weighted by molar-refractivity contribution is 6.06. The lowest BCUT2D eigenvalue weighted by atomic mass is 9.99. The Labute approximate surface area is 168 Å². The van der Waals surface area contributed by atoms with Crippen LogP contribution in [0.1, 0.15) is 29.8 Å². The maximum atomic E-state index is 11.9. The highest BCUT2D eigenvalue weighted by atomic mass is 16.1. The van der Waals surface area contributed by atoms with E-state index in [9.17, 15) is 4.79 Å². The predicted molar refractivity (Wildman–Crippen MR) is 115 cm³/mol. The zero-order valence-electron chi connectivity index (χ0n) is 15.9. The van der Waals surface area contributed by atoms with Crippen molar-refractivity contribution in [1.82, 2.24) is 15.2 Å². The second kappa shape index (κ2) is 7.13. The zero-order valence-corrected chi connectivity index (χ0v) is 15.9. The van der Waals surface area contributed by atoms with Crippen LogP contribution in [0, 0.1) is 5.92 Å². The fraction of sp³-hybridized carbons (Fsp3) is 0.217. The Morgan fingerprint density at radius 1 is 1.07 bits per heavy atom. The van der Waals surface area contributed by atoms with E-state index in [1.54, 1.807) is 0 Å². The normalized spacial score (nSPS) is 13.7. The summed E-state index contributed by atoms with van der Waals surface area (Å²) in [6.45, 7) is 0.792. The molecule has 5 rings (SSSR count). The SMILES string of the molecule is NC(=O)c1nnc2cc(-c3cncc4ccccc34)ccc2c1NCCC1CC1. The Bertz CT molecular complexity index is 1230. The standard InChI is InChI=1S/C23H21N5O/c24-23(29)22-21(26-10-9-14-5-6-14)18-8-7-15(11-20(18)27-28-22)19-13-25-12-16-3-1-2-4-17(16)19/h1-4,7-8,11-14H,5-6,9-10H2,(H2,24,29)(H,26,27). The zero-order chi connectivity index (χ0) is 19.8. The Morgan fingerprint density at radius 2 is 1.93 bits per heavy atom. The molecular formula is C23H21N5O. The lowest BCUT2D eigenvalue weighted by Gasteiger charge is -2.13. The number of aromatic nitrogens is 3. The van der Waals surface area contributed by atoms with Crippen LogP contribution in [0.2, 0.25) is 0 Å². The fourth-order valence-corrected chi connectivity index (χ4v) is 3.78. The Morgan fingerprint density at radius 3 is 2.76 bits per heavy atom. The second-order valence-electron chi connectivity index (χ2n) is 7.59. The van der Waals surface area contributed by atoms with Gasteiger partial charge in [0.05, 0.1) is 11.2 Å². The number of rotatable bonds is 6. The highest BCUT2D eigenvalue weighted by Gasteiger charge is 2.21. The van der Waals surface area contributed by atoms with Gasteiger partial charge in [-0.3, -0.25) is 9.78 Å². The highest BCUT2D eigenvalue weighted by Crippen LogP contribution is 2.34. The molecule has 1 fully saturated rings. The first-order valence-corrected chi connectivity index (χ1v) is 9.88. The summed E-state index contributed by atoms with van der Waals surface area (Å²) in [5, 5.41) is 14.8. The molecule has 2 heterocycles. The van der Waals surface area contributed by atoms with Crippen LogP contribution >= 0.6 is 0 Å². The van der Waals surface area contributed by atoms with Gasteiger partial charge in [0.2, 0.25) is 0 Å². The fourth-order valence-electron chi connectivity index (χ4n) is 3.78. The van der Waals surface area contributed by atoms with Gasteiger partial charge in [0.1, 0.15) is 0 Å².